The number of aryl methyl sites for hydroxylation is 1. The van der Waals surface area contributed by atoms with E-state index in [0.717, 1.165) is 53.8 Å². The monoisotopic (exact) mass is 553 g/mol. The average Bonchev–Trinajstić information content (AvgIpc) is 2.83. The molecule has 1 unspecified atom stereocenters. The summed E-state index contributed by atoms with van der Waals surface area (Å²) in [6.07, 6.45) is 6.16. The predicted molar refractivity (Wildman–Crippen MR) is 145 cm³/mol. The molecule has 1 aliphatic rings. The van der Waals surface area contributed by atoms with Crippen LogP contribution in [0.15, 0.2) is 42.5 Å². The normalized spacial score (nSPS) is 15.2. The van der Waals surface area contributed by atoms with Crippen LogP contribution in [-0.4, -0.2) is 50.0 Å². The highest BCUT2D eigenvalue weighted by atomic mass is 35.5. The van der Waals surface area contributed by atoms with Gasteiger partial charge in [-0.05, 0) is 62.1 Å². The van der Waals surface area contributed by atoms with E-state index in [1.807, 2.05) is 6.92 Å². The lowest BCUT2D eigenvalue weighted by molar-refractivity contribution is -0.139. The molecule has 1 saturated carbocycles. The zero-order valence-electron chi connectivity index (χ0n) is 20.8. The van der Waals surface area contributed by atoms with Gasteiger partial charge in [-0.1, -0.05) is 60.7 Å². The summed E-state index contributed by atoms with van der Waals surface area (Å²) >= 11 is 12.2. The van der Waals surface area contributed by atoms with E-state index in [0.29, 0.717) is 10.0 Å². The maximum atomic E-state index is 13.6. The number of nitrogens with one attached hydrogen (secondary N) is 1. The molecule has 0 bridgehead atoms. The zero-order chi connectivity index (χ0) is 26.5. The maximum absolute atomic E-state index is 13.6. The molecule has 1 atom stereocenters. The minimum atomic E-state index is -3.81. The summed E-state index contributed by atoms with van der Waals surface area (Å²) in [6, 6.07) is 11.1. The first-order chi connectivity index (χ1) is 17.0. The Morgan fingerprint density at radius 3 is 2.28 bits per heavy atom. The van der Waals surface area contributed by atoms with E-state index in [1.54, 1.807) is 43.3 Å². The van der Waals surface area contributed by atoms with Gasteiger partial charge >= 0.3 is 0 Å². The molecule has 7 nitrogen and oxygen atoms in total. The van der Waals surface area contributed by atoms with E-state index in [1.165, 1.54) is 11.0 Å². The van der Waals surface area contributed by atoms with Gasteiger partial charge in [0.15, 0.2) is 0 Å². The molecule has 0 saturated heterocycles. The van der Waals surface area contributed by atoms with E-state index in [9.17, 15) is 18.0 Å². The van der Waals surface area contributed by atoms with Crippen LogP contribution in [0.1, 0.15) is 50.2 Å². The van der Waals surface area contributed by atoms with E-state index in [4.69, 9.17) is 23.2 Å². The molecule has 0 aliphatic heterocycles. The molecule has 0 aromatic heterocycles. The van der Waals surface area contributed by atoms with Crippen molar-refractivity contribution >= 4 is 50.7 Å². The van der Waals surface area contributed by atoms with Crippen molar-refractivity contribution in [2.75, 3.05) is 17.1 Å². The molecule has 36 heavy (non-hydrogen) atoms. The highest BCUT2D eigenvalue weighted by Gasteiger charge is 2.31. The molecule has 2 aromatic carbocycles. The number of halogens is 2. The Balaban J connectivity index is 1.87. The number of rotatable bonds is 9. The predicted octanol–water partition coefficient (Wildman–Crippen LogP) is 4.93. The van der Waals surface area contributed by atoms with Crippen molar-refractivity contribution in [1.29, 1.82) is 0 Å². The van der Waals surface area contributed by atoms with Gasteiger partial charge in [0.2, 0.25) is 21.8 Å². The number of benzene rings is 2. The van der Waals surface area contributed by atoms with Crippen LogP contribution in [0, 0.1) is 6.92 Å². The minimum absolute atomic E-state index is 0.0865. The number of hydrogen-bond acceptors (Lipinski definition) is 4. The molecular weight excluding hydrogens is 521 g/mol. The SMILES string of the molecule is Cc1ccc(N(CC(=O)N(Cc2ccc(Cl)cc2)C(C)C(=O)NC2CCCCC2)S(C)(=O)=O)cc1Cl. The zero-order valence-corrected chi connectivity index (χ0v) is 23.2. The number of anilines is 1. The van der Waals surface area contributed by atoms with E-state index < -0.39 is 28.5 Å². The number of hydrogen-bond donors (Lipinski definition) is 1. The molecule has 1 N–H and O–H groups in total. The smallest absolute Gasteiger partial charge is 0.244 e. The van der Waals surface area contributed by atoms with Gasteiger partial charge in [-0.2, -0.15) is 0 Å². The van der Waals surface area contributed by atoms with Crippen molar-refractivity contribution in [3.8, 4) is 0 Å². The quantitative estimate of drug-likeness (QED) is 0.476. The summed E-state index contributed by atoms with van der Waals surface area (Å²) in [5.74, 6) is -0.758. The molecule has 3 rings (SSSR count). The number of amides is 2. The average molecular weight is 555 g/mol. The first-order valence-corrected chi connectivity index (χ1v) is 14.6. The summed E-state index contributed by atoms with van der Waals surface area (Å²) < 4.78 is 26.3. The molecule has 196 valence electrons. The molecule has 0 spiro atoms. The summed E-state index contributed by atoms with van der Waals surface area (Å²) in [6.45, 7) is 3.14. The van der Waals surface area contributed by atoms with E-state index in [-0.39, 0.29) is 24.2 Å². The second-order valence-corrected chi connectivity index (χ2v) is 12.1. The molecule has 0 heterocycles. The van der Waals surface area contributed by atoms with Gasteiger partial charge in [-0.3, -0.25) is 13.9 Å². The van der Waals surface area contributed by atoms with Gasteiger partial charge in [0, 0.05) is 22.6 Å². The van der Waals surface area contributed by atoms with Gasteiger partial charge in [-0.25, -0.2) is 8.42 Å². The van der Waals surface area contributed by atoms with Crippen molar-refractivity contribution in [2.24, 2.45) is 0 Å². The molecular formula is C26H33Cl2N3O4S. The lowest BCUT2D eigenvalue weighted by Gasteiger charge is -2.33. The molecule has 10 heteroatoms. The Morgan fingerprint density at radius 1 is 1.06 bits per heavy atom. The van der Waals surface area contributed by atoms with Gasteiger partial charge in [0.1, 0.15) is 12.6 Å². The Kier molecular flexibility index (Phi) is 9.66. The van der Waals surface area contributed by atoms with E-state index in [2.05, 4.69) is 5.32 Å². The van der Waals surface area contributed by atoms with Crippen LogP contribution in [0.4, 0.5) is 5.69 Å². The van der Waals surface area contributed by atoms with Crippen molar-refractivity contribution in [3.63, 3.8) is 0 Å². The third-order valence-corrected chi connectivity index (χ3v) is 8.31. The Labute approximate surface area is 223 Å². The molecule has 1 fully saturated rings. The molecule has 2 aromatic rings. The van der Waals surface area contributed by atoms with Crippen LogP contribution >= 0.6 is 23.2 Å². The fourth-order valence-electron chi connectivity index (χ4n) is 4.29. The van der Waals surface area contributed by atoms with Crippen LogP contribution in [0.25, 0.3) is 0 Å². The summed E-state index contributed by atoms with van der Waals surface area (Å²) in [5.41, 5.74) is 1.85. The van der Waals surface area contributed by atoms with Crippen LogP contribution in [-0.2, 0) is 26.2 Å². The van der Waals surface area contributed by atoms with E-state index >= 15 is 0 Å². The van der Waals surface area contributed by atoms with Crippen LogP contribution in [0.2, 0.25) is 10.0 Å². The summed E-state index contributed by atoms with van der Waals surface area (Å²) in [7, 11) is -3.81. The van der Waals surface area contributed by atoms with Crippen molar-refractivity contribution in [1.82, 2.24) is 10.2 Å². The van der Waals surface area contributed by atoms with Crippen LogP contribution in [0.3, 0.4) is 0 Å². The first-order valence-electron chi connectivity index (χ1n) is 12.0. The minimum Gasteiger partial charge on any atom is -0.352 e. The summed E-state index contributed by atoms with van der Waals surface area (Å²) in [4.78, 5) is 28.2. The lowest BCUT2D eigenvalue weighted by atomic mass is 9.95. The Morgan fingerprint density at radius 2 is 1.69 bits per heavy atom. The van der Waals surface area contributed by atoms with Crippen LogP contribution < -0.4 is 9.62 Å². The largest absolute Gasteiger partial charge is 0.352 e. The second kappa shape index (κ2) is 12.3. The van der Waals surface area contributed by atoms with Crippen molar-refractivity contribution in [2.45, 2.75) is 64.6 Å². The van der Waals surface area contributed by atoms with Gasteiger partial charge in [0.05, 0.1) is 11.9 Å². The Bertz CT molecular complexity index is 1180. The van der Waals surface area contributed by atoms with Crippen LogP contribution in [0.5, 0.6) is 0 Å². The first kappa shape index (κ1) is 28.3. The fraction of sp³-hybridized carbons (Fsp3) is 0.462. The third-order valence-electron chi connectivity index (χ3n) is 6.51. The number of sulfonamides is 1. The number of carbonyl (C=O) groups is 2. The highest BCUT2D eigenvalue weighted by molar-refractivity contribution is 7.92. The van der Waals surface area contributed by atoms with Gasteiger partial charge in [-0.15, -0.1) is 0 Å². The van der Waals surface area contributed by atoms with Gasteiger partial charge in [0.25, 0.3) is 0 Å². The van der Waals surface area contributed by atoms with Crippen molar-refractivity contribution < 1.29 is 18.0 Å². The molecule has 2 amide bonds. The third kappa shape index (κ3) is 7.60. The summed E-state index contributed by atoms with van der Waals surface area (Å²) in [5, 5.41) is 4.02. The topological polar surface area (TPSA) is 86.8 Å². The Hall–Kier alpha value is -2.29. The standard InChI is InChI=1S/C26H33Cl2N3O4S/c1-18-9-14-23(15-24(18)28)31(36(3,34)35)17-25(32)30(16-20-10-12-21(27)13-11-20)19(2)26(33)29-22-7-5-4-6-8-22/h9-15,19,22H,4-8,16-17H2,1-3H3,(H,29,33). The van der Waals surface area contributed by atoms with Crippen molar-refractivity contribution in [3.05, 3.63) is 63.6 Å². The van der Waals surface area contributed by atoms with Gasteiger partial charge < -0.3 is 10.2 Å². The maximum Gasteiger partial charge on any atom is 0.244 e. The number of nitrogens with zero attached hydrogens (tertiary/aromatic N) is 2. The second-order valence-electron chi connectivity index (χ2n) is 9.37. The lowest BCUT2D eigenvalue weighted by Crippen LogP contribution is -2.52. The molecule has 0 radical (unpaired) electrons. The molecule has 1 aliphatic carbocycles. The highest BCUT2D eigenvalue weighted by Crippen LogP contribution is 2.25. The fourth-order valence-corrected chi connectivity index (χ4v) is 5.43. The number of carbonyl (C=O) groups excluding carboxylic acids is 2.